The Labute approximate surface area is 194 Å². The Hall–Kier alpha value is -4.78. The number of nitrogens with one attached hydrogen (secondary N) is 1. The number of aromatic nitrogens is 2. The zero-order valence-corrected chi connectivity index (χ0v) is 17.9. The van der Waals surface area contributed by atoms with E-state index in [9.17, 15) is 18.4 Å². The first kappa shape index (κ1) is 23.9. The van der Waals surface area contributed by atoms with Crippen LogP contribution in [-0.4, -0.2) is 33.2 Å². The predicted octanol–water partition coefficient (Wildman–Crippen LogP) is 1.97. The summed E-state index contributed by atoms with van der Waals surface area (Å²) in [6.07, 6.45) is 3.61. The van der Waals surface area contributed by atoms with Crippen LogP contribution in [0.1, 0.15) is 11.1 Å². The molecule has 1 heterocycles. The van der Waals surface area contributed by atoms with Crippen LogP contribution in [0.2, 0.25) is 0 Å². The minimum Gasteiger partial charge on any atom is -0.404 e. The second-order valence-electron chi connectivity index (χ2n) is 6.93. The molecule has 0 aliphatic rings. The van der Waals surface area contributed by atoms with E-state index < -0.39 is 23.4 Å². The van der Waals surface area contributed by atoms with Gasteiger partial charge in [-0.05, 0) is 35.9 Å². The largest absolute Gasteiger partial charge is 0.404 e. The molecule has 0 bridgehead atoms. The van der Waals surface area contributed by atoms with Gasteiger partial charge in [-0.2, -0.15) is 0 Å². The number of hydrogen-bond donors (Lipinski definition) is 3. The van der Waals surface area contributed by atoms with Crippen molar-refractivity contribution in [1.82, 2.24) is 20.2 Å². The van der Waals surface area contributed by atoms with E-state index in [1.165, 1.54) is 6.07 Å². The summed E-state index contributed by atoms with van der Waals surface area (Å²) in [5.74, 6) is 2.27. The molecule has 172 valence electrons. The molecule has 5 N–H and O–H groups in total. The van der Waals surface area contributed by atoms with E-state index in [0.29, 0.717) is 16.6 Å². The third-order valence-electron chi connectivity index (χ3n) is 4.63. The third kappa shape index (κ3) is 5.72. The SMILES string of the molecule is C=CN(Cc1ccc(F)c(F)c1)C(=O)/C(=C\N)C(=O)NCC#Cc1ccc2nc(N)ncc2c1. The number of carbonyl (C=O) groups excluding carboxylic acids is 2. The maximum absolute atomic E-state index is 13.5. The van der Waals surface area contributed by atoms with Crippen molar-refractivity contribution in [3.8, 4) is 11.8 Å². The fourth-order valence-electron chi connectivity index (χ4n) is 2.94. The molecule has 2 aromatic carbocycles. The van der Waals surface area contributed by atoms with Crippen LogP contribution in [0.25, 0.3) is 10.9 Å². The number of rotatable bonds is 6. The van der Waals surface area contributed by atoms with Crippen molar-refractivity contribution in [2.75, 3.05) is 12.3 Å². The highest BCUT2D eigenvalue weighted by Gasteiger charge is 2.22. The first-order chi connectivity index (χ1) is 16.3. The summed E-state index contributed by atoms with van der Waals surface area (Å²) in [5, 5.41) is 3.25. The molecule has 34 heavy (non-hydrogen) atoms. The molecule has 0 aliphatic carbocycles. The van der Waals surface area contributed by atoms with Gasteiger partial charge >= 0.3 is 0 Å². The number of hydrogen-bond acceptors (Lipinski definition) is 6. The van der Waals surface area contributed by atoms with Crippen molar-refractivity contribution < 1.29 is 18.4 Å². The van der Waals surface area contributed by atoms with Gasteiger partial charge < -0.3 is 21.7 Å². The normalized spacial score (nSPS) is 10.8. The molecule has 0 atom stereocenters. The van der Waals surface area contributed by atoms with Crippen LogP contribution in [0.15, 0.2) is 67.1 Å². The van der Waals surface area contributed by atoms with Crippen LogP contribution >= 0.6 is 0 Å². The Balaban J connectivity index is 1.62. The van der Waals surface area contributed by atoms with Gasteiger partial charge in [-0.15, -0.1) is 0 Å². The summed E-state index contributed by atoms with van der Waals surface area (Å²) in [6.45, 7) is 3.33. The highest BCUT2D eigenvalue weighted by Crippen LogP contribution is 2.14. The number of carbonyl (C=O) groups is 2. The number of nitrogens with zero attached hydrogens (tertiary/aromatic N) is 3. The molecule has 0 saturated heterocycles. The lowest BCUT2D eigenvalue weighted by atomic mass is 10.1. The van der Waals surface area contributed by atoms with Crippen LogP contribution in [0.5, 0.6) is 0 Å². The van der Waals surface area contributed by atoms with Gasteiger partial charge in [0.15, 0.2) is 11.6 Å². The second-order valence-corrected chi connectivity index (χ2v) is 6.93. The third-order valence-corrected chi connectivity index (χ3v) is 4.63. The van der Waals surface area contributed by atoms with Crippen molar-refractivity contribution in [3.63, 3.8) is 0 Å². The van der Waals surface area contributed by atoms with E-state index in [0.717, 1.165) is 34.8 Å². The van der Waals surface area contributed by atoms with Gasteiger partial charge in [0.25, 0.3) is 11.8 Å². The molecular formula is C24H20F2N6O2. The molecule has 3 rings (SSSR count). The quantitative estimate of drug-likeness (QED) is 0.223. The number of nitrogen functional groups attached to an aromatic ring is 1. The summed E-state index contributed by atoms with van der Waals surface area (Å²) in [7, 11) is 0. The van der Waals surface area contributed by atoms with E-state index in [-0.39, 0.29) is 24.6 Å². The van der Waals surface area contributed by atoms with Gasteiger partial charge in [-0.25, -0.2) is 18.7 Å². The monoisotopic (exact) mass is 462 g/mol. The molecule has 2 amide bonds. The van der Waals surface area contributed by atoms with E-state index in [2.05, 4.69) is 33.7 Å². The molecule has 0 radical (unpaired) electrons. The standard InChI is InChI=1S/C24H20F2N6O2/c1-2-32(14-16-5-7-19(25)20(26)11-16)23(34)18(12-27)22(33)29-9-3-4-15-6-8-21-17(10-15)13-30-24(28)31-21/h2,5-8,10-13H,1,9,14,27H2,(H,29,33)(H2,28,30,31)/b18-12-. The van der Waals surface area contributed by atoms with Crippen LogP contribution in [-0.2, 0) is 16.1 Å². The Morgan fingerprint density at radius 2 is 1.97 bits per heavy atom. The van der Waals surface area contributed by atoms with Crippen LogP contribution in [0.3, 0.4) is 0 Å². The number of benzene rings is 2. The van der Waals surface area contributed by atoms with Gasteiger partial charge in [-0.3, -0.25) is 9.59 Å². The number of halogens is 2. The molecule has 0 spiro atoms. The average molecular weight is 462 g/mol. The first-order valence-electron chi connectivity index (χ1n) is 9.91. The lowest BCUT2D eigenvalue weighted by Gasteiger charge is -2.19. The summed E-state index contributed by atoms with van der Waals surface area (Å²) in [4.78, 5) is 34.3. The summed E-state index contributed by atoms with van der Waals surface area (Å²) in [5.41, 5.74) is 12.3. The molecule has 0 saturated carbocycles. The number of anilines is 1. The first-order valence-corrected chi connectivity index (χ1v) is 9.91. The lowest BCUT2D eigenvalue weighted by molar-refractivity contribution is -0.128. The molecule has 0 unspecified atom stereocenters. The fourth-order valence-corrected chi connectivity index (χ4v) is 2.94. The average Bonchev–Trinajstić information content (AvgIpc) is 2.82. The maximum Gasteiger partial charge on any atom is 0.265 e. The van der Waals surface area contributed by atoms with Crippen LogP contribution in [0, 0.1) is 23.5 Å². The lowest BCUT2D eigenvalue weighted by Crippen LogP contribution is -2.36. The van der Waals surface area contributed by atoms with Crippen LogP contribution < -0.4 is 16.8 Å². The minimum atomic E-state index is -1.05. The van der Waals surface area contributed by atoms with E-state index in [4.69, 9.17) is 11.5 Å². The molecule has 0 aliphatic heterocycles. The smallest absolute Gasteiger partial charge is 0.265 e. The van der Waals surface area contributed by atoms with Crippen LogP contribution in [0.4, 0.5) is 14.7 Å². The topological polar surface area (TPSA) is 127 Å². The Kier molecular flexibility index (Phi) is 7.51. The molecule has 0 fully saturated rings. The van der Waals surface area contributed by atoms with E-state index in [1.54, 1.807) is 24.4 Å². The van der Waals surface area contributed by atoms with Crippen molar-refractivity contribution in [1.29, 1.82) is 0 Å². The van der Waals surface area contributed by atoms with Gasteiger partial charge in [0, 0.05) is 29.5 Å². The number of amides is 2. The molecule has 1 aromatic heterocycles. The van der Waals surface area contributed by atoms with Gasteiger partial charge in [0.1, 0.15) is 5.57 Å². The Morgan fingerprint density at radius 1 is 1.18 bits per heavy atom. The van der Waals surface area contributed by atoms with E-state index in [1.807, 2.05) is 0 Å². The Morgan fingerprint density at radius 3 is 2.68 bits per heavy atom. The van der Waals surface area contributed by atoms with Crippen molar-refractivity contribution in [3.05, 3.63) is 89.9 Å². The highest BCUT2D eigenvalue weighted by atomic mass is 19.2. The summed E-state index contributed by atoms with van der Waals surface area (Å²) in [6, 6.07) is 8.49. The van der Waals surface area contributed by atoms with E-state index >= 15 is 0 Å². The zero-order valence-electron chi connectivity index (χ0n) is 17.9. The number of fused-ring (bicyclic) bond motifs is 1. The second kappa shape index (κ2) is 10.7. The summed E-state index contributed by atoms with van der Waals surface area (Å²) < 4.78 is 26.6. The highest BCUT2D eigenvalue weighted by molar-refractivity contribution is 6.18. The predicted molar refractivity (Wildman–Crippen MR) is 123 cm³/mol. The summed E-state index contributed by atoms with van der Waals surface area (Å²) >= 11 is 0. The van der Waals surface area contributed by atoms with Crippen molar-refractivity contribution in [2.24, 2.45) is 5.73 Å². The zero-order chi connectivity index (χ0) is 24.7. The van der Waals surface area contributed by atoms with Gasteiger partial charge in [0.2, 0.25) is 5.95 Å². The molecular weight excluding hydrogens is 442 g/mol. The van der Waals surface area contributed by atoms with Gasteiger partial charge in [0.05, 0.1) is 18.6 Å². The van der Waals surface area contributed by atoms with Crippen molar-refractivity contribution >= 4 is 28.7 Å². The maximum atomic E-state index is 13.5. The molecule has 3 aromatic rings. The molecule has 10 heteroatoms. The Bertz CT molecular complexity index is 1360. The number of nitrogens with two attached hydrogens (primary N) is 2. The van der Waals surface area contributed by atoms with Crippen molar-refractivity contribution in [2.45, 2.75) is 6.54 Å². The fraction of sp³-hybridized carbons (Fsp3) is 0.0833. The van der Waals surface area contributed by atoms with Gasteiger partial charge in [-0.1, -0.05) is 24.5 Å². The molecule has 8 nitrogen and oxygen atoms in total. The minimum absolute atomic E-state index is 0.0585.